The van der Waals surface area contributed by atoms with Crippen LogP contribution in [-0.2, 0) is 26.1 Å². The molecule has 0 atom stereocenters. The molecule has 0 aromatic heterocycles. The van der Waals surface area contributed by atoms with Gasteiger partial charge >= 0.3 is 5.97 Å². The molecule has 0 bridgehead atoms. The molecule has 2 rings (SSSR count). The van der Waals surface area contributed by atoms with E-state index in [1.165, 1.54) is 0 Å². The molecule has 20 heavy (non-hydrogen) atoms. The normalized spacial score (nSPS) is 22.8. The summed E-state index contributed by atoms with van der Waals surface area (Å²) in [5, 5.41) is 11.8. The minimum absolute atomic E-state index is 0.0485. The summed E-state index contributed by atoms with van der Waals surface area (Å²) in [7, 11) is 0. The van der Waals surface area contributed by atoms with Crippen molar-refractivity contribution in [3.05, 3.63) is 0 Å². The Balaban J connectivity index is 2.04. The fourth-order valence-electron chi connectivity index (χ4n) is 2.42. The minimum atomic E-state index is -1.96. The molecule has 0 spiro atoms. The van der Waals surface area contributed by atoms with Gasteiger partial charge in [0.05, 0.1) is 45.6 Å². The van der Waals surface area contributed by atoms with Crippen LogP contribution in [0.3, 0.4) is 0 Å². The molecule has 2 aliphatic heterocycles. The molecule has 0 radical (unpaired) electrons. The van der Waals surface area contributed by atoms with Crippen LogP contribution >= 0.6 is 6.34 Å². The molecule has 2 fully saturated rings. The molecular formula is C11H22N3O4PS. The van der Waals surface area contributed by atoms with Crippen molar-refractivity contribution < 1.29 is 19.4 Å². The Morgan fingerprint density at radius 2 is 1.55 bits per heavy atom. The van der Waals surface area contributed by atoms with Gasteiger partial charge in [-0.15, -0.1) is 0 Å². The molecule has 0 amide bonds. The van der Waals surface area contributed by atoms with Crippen molar-refractivity contribution in [3.8, 4) is 0 Å². The summed E-state index contributed by atoms with van der Waals surface area (Å²) in [6.07, 6.45) is -1.41. The van der Waals surface area contributed by atoms with Crippen molar-refractivity contribution in [1.82, 2.24) is 14.7 Å². The summed E-state index contributed by atoms with van der Waals surface area (Å²) in [5.41, 5.74) is 0. The van der Waals surface area contributed by atoms with Gasteiger partial charge in [-0.05, 0) is 0 Å². The highest BCUT2D eigenvalue weighted by Crippen LogP contribution is 2.53. The molecule has 0 aromatic carbocycles. The second-order valence-corrected chi connectivity index (χ2v) is 9.31. The highest BCUT2D eigenvalue weighted by Gasteiger charge is 2.34. The van der Waals surface area contributed by atoms with E-state index in [0.29, 0.717) is 32.7 Å². The van der Waals surface area contributed by atoms with Crippen LogP contribution < -0.4 is 5.32 Å². The van der Waals surface area contributed by atoms with Crippen LogP contribution in [0.2, 0.25) is 0 Å². The predicted molar refractivity (Wildman–Crippen MR) is 79.6 cm³/mol. The fraction of sp³-hybridized carbons (Fsp3) is 0.909. The molecule has 9 heteroatoms. The van der Waals surface area contributed by atoms with Crippen LogP contribution in [0, 0.1) is 0 Å². The fourth-order valence-corrected chi connectivity index (χ4v) is 6.41. The van der Waals surface area contributed by atoms with E-state index in [1.807, 2.05) is 0 Å². The van der Waals surface area contributed by atoms with Gasteiger partial charge in [0.2, 0.25) is 0 Å². The standard InChI is InChI=1S/C11H22N3O4PS/c15-11(16)9-12-10-19(20,13-1-5-17-6-2-13)14-3-7-18-8-4-14/h12H,1-10H2,(H,15,16). The van der Waals surface area contributed by atoms with E-state index in [4.69, 9.17) is 26.4 Å². The second-order valence-electron chi connectivity index (χ2n) is 4.78. The summed E-state index contributed by atoms with van der Waals surface area (Å²) in [4.78, 5) is 10.7. The van der Waals surface area contributed by atoms with Gasteiger partial charge in [-0.2, -0.15) is 0 Å². The predicted octanol–water partition coefficient (Wildman–Crippen LogP) is -0.408. The highest BCUT2D eigenvalue weighted by atomic mass is 32.4. The van der Waals surface area contributed by atoms with Crippen molar-refractivity contribution in [2.75, 3.05) is 65.4 Å². The average Bonchev–Trinajstić information content (AvgIpc) is 2.48. The first-order chi connectivity index (χ1) is 9.63. The maximum atomic E-state index is 10.7. The van der Waals surface area contributed by atoms with Gasteiger partial charge < -0.3 is 14.6 Å². The number of carboxylic acids is 1. The Kier molecular flexibility index (Phi) is 6.35. The van der Waals surface area contributed by atoms with Crippen LogP contribution in [0.4, 0.5) is 0 Å². The number of carbonyl (C=O) groups is 1. The van der Waals surface area contributed by atoms with Crippen molar-refractivity contribution in [3.63, 3.8) is 0 Å². The number of morpholine rings is 2. The number of carboxylic acid groups (broad SMARTS) is 1. The van der Waals surface area contributed by atoms with Gasteiger partial charge in [0.25, 0.3) is 0 Å². The summed E-state index contributed by atoms with van der Waals surface area (Å²) >= 11 is 5.99. The van der Waals surface area contributed by atoms with E-state index in [1.54, 1.807) is 0 Å². The zero-order valence-electron chi connectivity index (χ0n) is 11.5. The molecule has 0 aliphatic carbocycles. The van der Waals surface area contributed by atoms with Crippen LogP contribution in [-0.4, -0.2) is 85.9 Å². The smallest absolute Gasteiger partial charge is 0.317 e. The first-order valence-electron chi connectivity index (χ1n) is 6.81. The van der Waals surface area contributed by atoms with Crippen molar-refractivity contribution >= 4 is 24.1 Å². The molecule has 7 nitrogen and oxygen atoms in total. The van der Waals surface area contributed by atoms with Gasteiger partial charge in [0.1, 0.15) is 0 Å². The van der Waals surface area contributed by atoms with E-state index in [0.717, 1.165) is 26.2 Å². The van der Waals surface area contributed by atoms with Crippen molar-refractivity contribution in [1.29, 1.82) is 0 Å². The van der Waals surface area contributed by atoms with E-state index >= 15 is 0 Å². The first kappa shape index (κ1) is 16.3. The van der Waals surface area contributed by atoms with Crippen LogP contribution in [0.1, 0.15) is 0 Å². The summed E-state index contributed by atoms with van der Waals surface area (Å²) in [5.74, 6) is -0.851. The number of hydrogen-bond donors (Lipinski definition) is 2. The summed E-state index contributed by atoms with van der Waals surface area (Å²) in [6, 6.07) is 0. The van der Waals surface area contributed by atoms with Gasteiger partial charge in [0.15, 0.2) is 0 Å². The van der Waals surface area contributed by atoms with E-state index in [9.17, 15) is 4.79 Å². The Morgan fingerprint density at radius 3 is 1.95 bits per heavy atom. The molecule has 0 aromatic rings. The molecule has 0 saturated carbocycles. The highest BCUT2D eigenvalue weighted by molar-refractivity contribution is 8.12. The lowest BCUT2D eigenvalue weighted by Crippen LogP contribution is -2.45. The van der Waals surface area contributed by atoms with Gasteiger partial charge in [-0.1, -0.05) is 11.8 Å². The number of aliphatic carboxylic acids is 1. The van der Waals surface area contributed by atoms with Crippen LogP contribution in [0.5, 0.6) is 0 Å². The number of nitrogens with one attached hydrogen (secondary N) is 1. The maximum Gasteiger partial charge on any atom is 0.317 e. The molecule has 0 unspecified atom stereocenters. The molecule has 116 valence electrons. The quantitative estimate of drug-likeness (QED) is 0.639. The minimum Gasteiger partial charge on any atom is -0.480 e. The van der Waals surface area contributed by atoms with Gasteiger partial charge in [0, 0.05) is 26.2 Å². The number of nitrogens with zero attached hydrogens (tertiary/aromatic N) is 2. The number of hydrogen-bond acceptors (Lipinski definition) is 5. The SMILES string of the molecule is O=C(O)CNCP(=S)(N1CCOCC1)N1CCOCC1. The lowest BCUT2D eigenvalue weighted by Gasteiger charge is -2.45. The Labute approximate surface area is 124 Å². The third-order valence-electron chi connectivity index (χ3n) is 3.45. The van der Waals surface area contributed by atoms with Gasteiger partial charge in [-0.3, -0.25) is 19.5 Å². The van der Waals surface area contributed by atoms with Crippen molar-refractivity contribution in [2.24, 2.45) is 0 Å². The van der Waals surface area contributed by atoms with E-state index in [2.05, 4.69) is 14.7 Å². The number of rotatable bonds is 6. The second kappa shape index (κ2) is 7.79. The maximum absolute atomic E-state index is 10.7. The Bertz CT molecular complexity index is 351. The zero-order chi connectivity index (χ0) is 14.4. The third kappa shape index (κ3) is 4.21. The molecule has 2 saturated heterocycles. The lowest BCUT2D eigenvalue weighted by atomic mass is 10.5. The largest absolute Gasteiger partial charge is 0.480 e. The van der Waals surface area contributed by atoms with Crippen molar-refractivity contribution in [2.45, 2.75) is 0 Å². The van der Waals surface area contributed by atoms with E-state index < -0.39 is 12.3 Å². The summed E-state index contributed by atoms with van der Waals surface area (Å²) in [6.45, 7) is 6.03. The monoisotopic (exact) mass is 323 g/mol. The lowest BCUT2D eigenvalue weighted by molar-refractivity contribution is -0.135. The van der Waals surface area contributed by atoms with Gasteiger partial charge in [-0.25, -0.2) is 0 Å². The van der Waals surface area contributed by atoms with Crippen LogP contribution in [0.15, 0.2) is 0 Å². The first-order valence-corrected chi connectivity index (χ1v) is 9.70. The molecular weight excluding hydrogens is 301 g/mol. The van der Waals surface area contributed by atoms with E-state index in [-0.39, 0.29) is 6.54 Å². The molecule has 2 aliphatic rings. The summed E-state index contributed by atoms with van der Waals surface area (Å²) < 4.78 is 15.4. The van der Waals surface area contributed by atoms with Crippen LogP contribution in [0.25, 0.3) is 0 Å². The zero-order valence-corrected chi connectivity index (χ0v) is 13.2. The number of ether oxygens (including phenoxy) is 2. The molecule has 2 heterocycles. The topological polar surface area (TPSA) is 74.3 Å². The average molecular weight is 323 g/mol. The molecule has 2 N–H and O–H groups in total. The Morgan fingerprint density at radius 1 is 1.10 bits per heavy atom. The Hall–Kier alpha value is -0.0800. The third-order valence-corrected chi connectivity index (χ3v) is 8.43.